The van der Waals surface area contributed by atoms with Gasteiger partial charge in [0.1, 0.15) is 5.75 Å². The Kier molecular flexibility index (Phi) is 4.92. The van der Waals surface area contributed by atoms with Gasteiger partial charge in [-0.15, -0.1) is 0 Å². The van der Waals surface area contributed by atoms with Gasteiger partial charge in [-0.1, -0.05) is 18.0 Å². The van der Waals surface area contributed by atoms with Gasteiger partial charge in [0.25, 0.3) is 11.6 Å². The Balaban J connectivity index is 1.80. The van der Waals surface area contributed by atoms with Crippen LogP contribution in [0.2, 0.25) is 5.02 Å². The van der Waals surface area contributed by atoms with Gasteiger partial charge >= 0.3 is 6.18 Å². The Morgan fingerprint density at radius 3 is 2.85 bits per heavy atom. The van der Waals surface area contributed by atoms with Gasteiger partial charge in [0, 0.05) is 10.7 Å². The van der Waals surface area contributed by atoms with E-state index in [1.807, 2.05) is 0 Å². The molecule has 5 nitrogen and oxygen atoms in total. The average molecular weight is 391 g/mol. The molecule has 1 aromatic carbocycles. The molecule has 142 valence electrons. The molecule has 26 heavy (non-hydrogen) atoms. The summed E-state index contributed by atoms with van der Waals surface area (Å²) < 4.78 is 46.1. The first-order chi connectivity index (χ1) is 12.1. The minimum Gasteiger partial charge on any atom is -0.484 e. The SMILES string of the molecule is Cc1cc(OCC(=O)N2N=C3CCCC[C@H]3[C@]2(O)C(F)(F)F)ccc1Cl. The zero-order chi connectivity index (χ0) is 19.1. The molecule has 1 heterocycles. The molecule has 0 saturated heterocycles. The van der Waals surface area contributed by atoms with Crippen LogP contribution in [0.25, 0.3) is 0 Å². The number of ether oxygens (including phenoxy) is 1. The van der Waals surface area contributed by atoms with Crippen molar-refractivity contribution in [1.29, 1.82) is 0 Å². The lowest BCUT2D eigenvalue weighted by atomic mass is 9.80. The summed E-state index contributed by atoms with van der Waals surface area (Å²) in [5.74, 6) is -1.99. The number of alkyl halides is 3. The van der Waals surface area contributed by atoms with Gasteiger partial charge < -0.3 is 9.84 Å². The lowest BCUT2D eigenvalue weighted by Gasteiger charge is -2.38. The largest absolute Gasteiger partial charge is 0.484 e. The molecule has 0 aromatic heterocycles. The Labute approximate surface area is 153 Å². The van der Waals surface area contributed by atoms with Gasteiger partial charge in [-0.05, 0) is 49.9 Å². The van der Waals surface area contributed by atoms with Crippen LogP contribution in [0.3, 0.4) is 0 Å². The minimum absolute atomic E-state index is 0.135. The van der Waals surface area contributed by atoms with Crippen molar-refractivity contribution < 1.29 is 27.8 Å². The fourth-order valence-corrected chi connectivity index (χ4v) is 3.50. The minimum atomic E-state index is -5.02. The van der Waals surface area contributed by atoms with Gasteiger partial charge in [0.05, 0.1) is 5.92 Å². The van der Waals surface area contributed by atoms with Crippen LogP contribution in [0.1, 0.15) is 31.2 Å². The summed E-state index contributed by atoms with van der Waals surface area (Å²) in [6.07, 6.45) is -3.32. The van der Waals surface area contributed by atoms with Gasteiger partial charge in [-0.2, -0.15) is 23.3 Å². The fraction of sp³-hybridized carbons (Fsp3) is 0.529. The quantitative estimate of drug-likeness (QED) is 0.856. The Morgan fingerprint density at radius 2 is 2.19 bits per heavy atom. The summed E-state index contributed by atoms with van der Waals surface area (Å²) in [7, 11) is 0. The highest BCUT2D eigenvalue weighted by atomic mass is 35.5. The highest BCUT2D eigenvalue weighted by molar-refractivity contribution is 6.31. The molecule has 0 spiro atoms. The molecule has 1 amide bonds. The molecule has 1 saturated carbocycles. The Morgan fingerprint density at radius 1 is 1.46 bits per heavy atom. The molecule has 0 unspecified atom stereocenters. The number of rotatable bonds is 3. The van der Waals surface area contributed by atoms with Crippen molar-refractivity contribution in [3.8, 4) is 5.75 Å². The summed E-state index contributed by atoms with van der Waals surface area (Å²) in [4.78, 5) is 12.4. The molecule has 3 rings (SSSR count). The van der Waals surface area contributed by atoms with Crippen LogP contribution in [0.15, 0.2) is 23.3 Å². The number of carbonyl (C=O) groups is 1. The number of fused-ring (bicyclic) bond motifs is 1. The Bertz CT molecular complexity index is 753. The van der Waals surface area contributed by atoms with Crippen LogP contribution in [0.4, 0.5) is 13.2 Å². The molecule has 1 aliphatic heterocycles. The summed E-state index contributed by atoms with van der Waals surface area (Å²) in [6.45, 7) is 1.06. The predicted octanol–water partition coefficient (Wildman–Crippen LogP) is 3.67. The lowest BCUT2D eigenvalue weighted by molar-refractivity contribution is -0.317. The van der Waals surface area contributed by atoms with E-state index in [1.54, 1.807) is 19.1 Å². The van der Waals surface area contributed by atoms with Crippen molar-refractivity contribution in [3.05, 3.63) is 28.8 Å². The number of halogens is 4. The van der Waals surface area contributed by atoms with Gasteiger partial charge in [0.2, 0.25) is 0 Å². The zero-order valence-corrected chi connectivity index (χ0v) is 14.8. The number of hydrogen-bond donors (Lipinski definition) is 1. The smallest absolute Gasteiger partial charge is 0.439 e. The van der Waals surface area contributed by atoms with Crippen LogP contribution < -0.4 is 4.74 Å². The van der Waals surface area contributed by atoms with Gasteiger partial charge in [-0.3, -0.25) is 4.79 Å². The maximum atomic E-state index is 13.6. The van der Waals surface area contributed by atoms with Crippen LogP contribution >= 0.6 is 11.6 Å². The van der Waals surface area contributed by atoms with Crippen LogP contribution in [0.5, 0.6) is 5.75 Å². The van der Waals surface area contributed by atoms with E-state index in [0.29, 0.717) is 35.6 Å². The standard InChI is InChI=1S/C17H18ClF3N2O3/c1-10-8-11(6-7-13(10)18)26-9-15(24)23-16(25,17(19,20)21)12-4-2-3-5-14(12)22-23/h6-8,12,25H,2-5,9H2,1H3/t12-,16+/m1/s1. The maximum Gasteiger partial charge on any atom is 0.439 e. The third-order valence-electron chi connectivity index (χ3n) is 4.76. The van der Waals surface area contributed by atoms with Crippen molar-refractivity contribution in [2.45, 2.75) is 44.5 Å². The monoisotopic (exact) mass is 390 g/mol. The second-order valence-electron chi connectivity index (χ2n) is 6.52. The summed E-state index contributed by atoms with van der Waals surface area (Å²) in [5.41, 5.74) is -2.40. The van der Waals surface area contributed by atoms with E-state index < -0.39 is 30.3 Å². The van der Waals surface area contributed by atoms with Crippen molar-refractivity contribution in [2.75, 3.05) is 6.61 Å². The molecular weight excluding hydrogens is 373 g/mol. The van der Waals surface area contributed by atoms with Gasteiger partial charge in [-0.25, -0.2) is 0 Å². The van der Waals surface area contributed by atoms with E-state index in [-0.39, 0.29) is 17.1 Å². The van der Waals surface area contributed by atoms with Crippen LogP contribution in [0, 0.1) is 12.8 Å². The van der Waals surface area contributed by atoms with Gasteiger partial charge in [0.15, 0.2) is 6.61 Å². The second kappa shape index (κ2) is 6.74. The first-order valence-electron chi connectivity index (χ1n) is 8.23. The maximum absolute atomic E-state index is 13.6. The lowest BCUT2D eigenvalue weighted by Crippen LogP contribution is -2.62. The molecule has 1 aliphatic carbocycles. The number of hydrogen-bond acceptors (Lipinski definition) is 4. The molecule has 1 aromatic rings. The predicted molar refractivity (Wildman–Crippen MR) is 88.9 cm³/mol. The summed E-state index contributed by atoms with van der Waals surface area (Å²) in [6, 6.07) is 4.64. The number of aliphatic hydroxyl groups is 1. The first-order valence-corrected chi connectivity index (χ1v) is 8.61. The second-order valence-corrected chi connectivity index (χ2v) is 6.93. The molecule has 1 N–H and O–H groups in total. The number of aryl methyl sites for hydroxylation is 1. The fourth-order valence-electron chi connectivity index (χ4n) is 3.38. The van der Waals surface area contributed by atoms with Crippen molar-refractivity contribution in [3.63, 3.8) is 0 Å². The molecule has 0 bridgehead atoms. The van der Waals surface area contributed by atoms with Crippen molar-refractivity contribution in [1.82, 2.24) is 5.01 Å². The van der Waals surface area contributed by atoms with Crippen LogP contribution in [-0.2, 0) is 4.79 Å². The average Bonchev–Trinajstić information content (AvgIpc) is 2.90. The van der Waals surface area contributed by atoms with Crippen LogP contribution in [-0.4, -0.2) is 40.2 Å². The molecule has 2 atom stereocenters. The van der Waals surface area contributed by atoms with E-state index >= 15 is 0 Å². The molecule has 1 fully saturated rings. The third kappa shape index (κ3) is 3.16. The third-order valence-corrected chi connectivity index (χ3v) is 5.18. The van der Waals surface area contributed by atoms with Crippen molar-refractivity contribution >= 4 is 23.2 Å². The number of hydrazone groups is 1. The van der Waals surface area contributed by atoms with E-state index in [2.05, 4.69) is 5.10 Å². The summed E-state index contributed by atoms with van der Waals surface area (Å²) >= 11 is 5.90. The highest BCUT2D eigenvalue weighted by Crippen LogP contribution is 2.48. The molecular formula is C17H18ClF3N2O3. The molecule has 2 aliphatic rings. The molecule has 9 heteroatoms. The normalized spacial score (nSPS) is 25.7. The highest BCUT2D eigenvalue weighted by Gasteiger charge is 2.68. The number of carbonyl (C=O) groups excluding carboxylic acids is 1. The first kappa shape index (κ1) is 19.0. The van der Waals surface area contributed by atoms with E-state index in [1.165, 1.54) is 6.07 Å². The van der Waals surface area contributed by atoms with E-state index in [4.69, 9.17) is 16.3 Å². The summed E-state index contributed by atoms with van der Waals surface area (Å²) in [5, 5.41) is 14.9. The number of amides is 1. The number of benzene rings is 1. The molecule has 0 radical (unpaired) electrons. The number of nitrogens with zero attached hydrogens (tertiary/aromatic N) is 2. The zero-order valence-electron chi connectivity index (χ0n) is 14.0. The van der Waals surface area contributed by atoms with E-state index in [0.717, 1.165) is 0 Å². The topological polar surface area (TPSA) is 62.1 Å². The van der Waals surface area contributed by atoms with E-state index in [9.17, 15) is 23.1 Å². The van der Waals surface area contributed by atoms with Crippen molar-refractivity contribution in [2.24, 2.45) is 11.0 Å². The Hall–Kier alpha value is -1.80.